The molecule has 0 saturated heterocycles. The van der Waals surface area contributed by atoms with E-state index in [1.54, 1.807) is 0 Å². The zero-order valence-electron chi connectivity index (χ0n) is 10.7. The summed E-state index contributed by atoms with van der Waals surface area (Å²) in [5, 5.41) is 2.23. The van der Waals surface area contributed by atoms with Crippen LogP contribution in [0.25, 0.3) is 0 Å². The van der Waals surface area contributed by atoms with Crippen LogP contribution in [0.4, 0.5) is 18.9 Å². The third-order valence-electron chi connectivity index (χ3n) is 4.54. The molecule has 3 rings (SSSR count). The number of anilines is 1. The Morgan fingerprint density at radius 3 is 2.30 bits per heavy atom. The van der Waals surface area contributed by atoms with Gasteiger partial charge in [0.1, 0.15) is 11.5 Å². The summed E-state index contributed by atoms with van der Waals surface area (Å²) in [7, 11) is 0. The van der Waals surface area contributed by atoms with Gasteiger partial charge in [-0.1, -0.05) is 0 Å². The minimum absolute atomic E-state index is 0.182. The van der Waals surface area contributed by atoms with Gasteiger partial charge in [-0.3, -0.25) is 4.79 Å². The molecule has 2 saturated carbocycles. The van der Waals surface area contributed by atoms with Crippen LogP contribution in [-0.2, 0) is 4.79 Å². The number of hydrogen-bond acceptors (Lipinski definition) is 2. The third kappa shape index (κ3) is 2.08. The average Bonchev–Trinajstić information content (AvgIpc) is 2.94. The van der Waals surface area contributed by atoms with Crippen LogP contribution in [0.1, 0.15) is 19.3 Å². The second-order valence-corrected chi connectivity index (χ2v) is 5.67. The number of carbonyl (C=O) groups excluding carboxylic acids is 1. The molecule has 1 aromatic carbocycles. The van der Waals surface area contributed by atoms with Gasteiger partial charge >= 0.3 is 0 Å². The van der Waals surface area contributed by atoms with Crippen molar-refractivity contribution in [1.29, 1.82) is 0 Å². The largest absolute Gasteiger partial charge is 0.327 e. The Labute approximate surface area is 114 Å². The van der Waals surface area contributed by atoms with Crippen LogP contribution < -0.4 is 11.1 Å². The van der Waals surface area contributed by atoms with E-state index in [0.29, 0.717) is 18.1 Å². The monoisotopic (exact) mass is 284 g/mol. The first-order chi connectivity index (χ1) is 9.47. The number of carbonyl (C=O) groups is 1. The molecule has 1 amide bonds. The average molecular weight is 284 g/mol. The van der Waals surface area contributed by atoms with E-state index in [0.717, 1.165) is 19.3 Å². The van der Waals surface area contributed by atoms with Gasteiger partial charge in [-0.05, 0) is 31.1 Å². The molecule has 3 nitrogen and oxygen atoms in total. The van der Waals surface area contributed by atoms with Gasteiger partial charge in [0.15, 0.2) is 11.6 Å². The second-order valence-electron chi connectivity index (χ2n) is 5.67. The lowest BCUT2D eigenvalue weighted by molar-refractivity contribution is -0.121. The Balaban J connectivity index is 1.80. The first-order valence-corrected chi connectivity index (χ1v) is 6.68. The molecule has 0 spiro atoms. The van der Waals surface area contributed by atoms with Crippen molar-refractivity contribution in [2.45, 2.75) is 25.3 Å². The summed E-state index contributed by atoms with van der Waals surface area (Å²) in [5.74, 6) is -3.65. The van der Waals surface area contributed by atoms with Gasteiger partial charge in [0.25, 0.3) is 0 Å². The van der Waals surface area contributed by atoms with Crippen LogP contribution >= 0.6 is 0 Å². The van der Waals surface area contributed by atoms with Crippen molar-refractivity contribution in [2.24, 2.45) is 23.5 Å². The summed E-state index contributed by atoms with van der Waals surface area (Å²) in [6.45, 7) is 0. The lowest BCUT2D eigenvalue weighted by Crippen LogP contribution is -2.42. The van der Waals surface area contributed by atoms with E-state index in [2.05, 4.69) is 5.32 Å². The number of benzene rings is 1. The molecule has 20 heavy (non-hydrogen) atoms. The molecule has 6 heteroatoms. The molecular weight excluding hydrogens is 269 g/mol. The summed E-state index contributed by atoms with van der Waals surface area (Å²) in [6.07, 6.45) is 2.83. The minimum Gasteiger partial charge on any atom is -0.327 e. The summed E-state index contributed by atoms with van der Waals surface area (Å²) in [5.41, 5.74) is 5.41. The van der Waals surface area contributed by atoms with E-state index in [9.17, 15) is 18.0 Å². The molecule has 0 aromatic heterocycles. The number of rotatable bonds is 2. The highest BCUT2D eigenvalue weighted by Crippen LogP contribution is 2.48. The molecule has 2 bridgehead atoms. The Morgan fingerprint density at radius 2 is 1.75 bits per heavy atom. The lowest BCUT2D eigenvalue weighted by atomic mass is 9.84. The fraction of sp³-hybridized carbons (Fsp3) is 0.500. The Morgan fingerprint density at radius 1 is 1.15 bits per heavy atom. The maximum Gasteiger partial charge on any atom is 0.229 e. The summed E-state index contributed by atoms with van der Waals surface area (Å²) < 4.78 is 39.9. The van der Waals surface area contributed by atoms with Gasteiger partial charge in [-0.15, -0.1) is 0 Å². The maximum atomic E-state index is 13.5. The molecule has 108 valence electrons. The van der Waals surface area contributed by atoms with Crippen LogP contribution in [0, 0.1) is 35.2 Å². The van der Waals surface area contributed by atoms with E-state index in [-0.39, 0.29) is 12.0 Å². The fourth-order valence-corrected chi connectivity index (χ4v) is 3.59. The van der Waals surface area contributed by atoms with E-state index in [4.69, 9.17) is 5.73 Å². The van der Waals surface area contributed by atoms with Crippen molar-refractivity contribution < 1.29 is 18.0 Å². The number of halogens is 3. The molecule has 0 radical (unpaired) electrons. The van der Waals surface area contributed by atoms with Gasteiger partial charge in [0, 0.05) is 18.2 Å². The highest BCUT2D eigenvalue weighted by atomic mass is 19.1. The summed E-state index contributed by atoms with van der Waals surface area (Å²) in [4.78, 5) is 12.2. The number of nitrogens with one attached hydrogen (secondary N) is 1. The molecule has 2 aliphatic carbocycles. The second kappa shape index (κ2) is 4.77. The van der Waals surface area contributed by atoms with Crippen molar-refractivity contribution in [3.8, 4) is 0 Å². The Bertz CT molecular complexity index is 538. The van der Waals surface area contributed by atoms with Crippen molar-refractivity contribution in [1.82, 2.24) is 0 Å². The molecule has 2 aliphatic rings. The summed E-state index contributed by atoms with van der Waals surface area (Å²) in [6, 6.07) is 0.819. The van der Waals surface area contributed by atoms with Crippen molar-refractivity contribution >= 4 is 11.6 Å². The normalized spacial score (nSPS) is 31.6. The maximum absolute atomic E-state index is 13.5. The molecule has 2 fully saturated rings. The molecule has 4 unspecified atom stereocenters. The fourth-order valence-electron chi connectivity index (χ4n) is 3.59. The van der Waals surface area contributed by atoms with Gasteiger partial charge in [-0.25, -0.2) is 13.2 Å². The van der Waals surface area contributed by atoms with Crippen molar-refractivity contribution in [3.05, 3.63) is 29.6 Å². The molecule has 4 atom stereocenters. The molecule has 0 heterocycles. The molecular formula is C14H15F3N2O. The van der Waals surface area contributed by atoms with Crippen LogP contribution in [0.3, 0.4) is 0 Å². The standard InChI is InChI=1S/C14H15F3N2O/c15-8-4-9(16)13(10(17)5-8)19-14(20)11-6-1-2-7(3-6)12(11)18/h4-7,11-12H,1-3,18H2,(H,19,20). The van der Waals surface area contributed by atoms with Crippen LogP contribution in [0.2, 0.25) is 0 Å². The van der Waals surface area contributed by atoms with E-state index in [1.807, 2.05) is 0 Å². The van der Waals surface area contributed by atoms with E-state index >= 15 is 0 Å². The lowest BCUT2D eigenvalue weighted by Gasteiger charge is -2.27. The zero-order chi connectivity index (χ0) is 14.4. The smallest absolute Gasteiger partial charge is 0.229 e. The summed E-state index contributed by atoms with van der Waals surface area (Å²) >= 11 is 0. The van der Waals surface area contributed by atoms with E-state index < -0.39 is 35.0 Å². The van der Waals surface area contributed by atoms with Crippen molar-refractivity contribution in [3.63, 3.8) is 0 Å². The van der Waals surface area contributed by atoms with E-state index in [1.165, 1.54) is 0 Å². The molecule has 1 aromatic rings. The van der Waals surface area contributed by atoms with Crippen LogP contribution in [0.5, 0.6) is 0 Å². The molecule has 0 aliphatic heterocycles. The number of hydrogen-bond donors (Lipinski definition) is 2. The SMILES string of the molecule is NC1C2CCC(C2)C1C(=O)Nc1c(F)cc(F)cc1F. The van der Waals surface area contributed by atoms with Crippen molar-refractivity contribution in [2.75, 3.05) is 5.32 Å². The van der Waals surface area contributed by atoms with Gasteiger partial charge < -0.3 is 11.1 Å². The first-order valence-electron chi connectivity index (χ1n) is 6.68. The Hall–Kier alpha value is -1.56. The van der Waals surface area contributed by atoms with Gasteiger partial charge in [0.05, 0.1) is 5.92 Å². The predicted octanol–water partition coefficient (Wildman–Crippen LogP) is 2.42. The van der Waals surface area contributed by atoms with Crippen LogP contribution in [0.15, 0.2) is 12.1 Å². The topological polar surface area (TPSA) is 55.1 Å². The first kappa shape index (κ1) is 13.4. The number of nitrogens with two attached hydrogens (primary N) is 1. The zero-order valence-corrected chi connectivity index (χ0v) is 10.7. The molecule has 3 N–H and O–H groups in total. The van der Waals surface area contributed by atoms with Gasteiger partial charge in [0.2, 0.25) is 5.91 Å². The minimum atomic E-state index is -1.12. The Kier molecular flexibility index (Phi) is 3.20. The third-order valence-corrected chi connectivity index (χ3v) is 4.54. The number of amides is 1. The van der Waals surface area contributed by atoms with Gasteiger partial charge in [-0.2, -0.15) is 0 Å². The highest BCUT2D eigenvalue weighted by molar-refractivity contribution is 5.93. The highest BCUT2D eigenvalue weighted by Gasteiger charge is 2.49. The quantitative estimate of drug-likeness (QED) is 0.876. The van der Waals surface area contributed by atoms with Crippen LogP contribution in [-0.4, -0.2) is 11.9 Å². The predicted molar refractivity (Wildman–Crippen MR) is 67.2 cm³/mol. The number of fused-ring (bicyclic) bond motifs is 2.